The van der Waals surface area contributed by atoms with Crippen LogP contribution >= 0.6 is 11.6 Å². The average Bonchev–Trinajstić information content (AvgIpc) is 2.59. The van der Waals surface area contributed by atoms with E-state index in [0.717, 1.165) is 16.9 Å². The van der Waals surface area contributed by atoms with Crippen molar-refractivity contribution in [2.24, 2.45) is 0 Å². The molecule has 0 atom stereocenters. The molecule has 0 aliphatic rings. The number of benzene rings is 2. The van der Waals surface area contributed by atoms with Gasteiger partial charge in [0, 0.05) is 6.07 Å². The van der Waals surface area contributed by atoms with Crippen LogP contribution in [0.3, 0.4) is 0 Å². The average molecular weight is 360 g/mol. The van der Waals surface area contributed by atoms with Crippen molar-refractivity contribution in [3.63, 3.8) is 0 Å². The van der Waals surface area contributed by atoms with Gasteiger partial charge in [0.15, 0.2) is 11.5 Å². The summed E-state index contributed by atoms with van der Waals surface area (Å²) in [7, 11) is 0. The second kappa shape index (κ2) is 8.64. The van der Waals surface area contributed by atoms with Crippen LogP contribution in [0, 0.1) is 32.1 Å². The lowest BCUT2D eigenvalue weighted by molar-refractivity contribution is 0.207. The highest BCUT2D eigenvalue weighted by atomic mass is 35.5. The minimum atomic E-state index is 0.318. The zero-order chi connectivity index (χ0) is 18.4. The van der Waals surface area contributed by atoms with Crippen LogP contribution in [0.15, 0.2) is 24.3 Å². The van der Waals surface area contributed by atoms with Crippen molar-refractivity contribution in [3.05, 3.63) is 51.5 Å². The fourth-order valence-corrected chi connectivity index (χ4v) is 2.74. The van der Waals surface area contributed by atoms with E-state index in [0.29, 0.717) is 41.9 Å². The number of nitriles is 1. The molecule has 0 fully saturated rings. The number of halogens is 1. The van der Waals surface area contributed by atoms with Gasteiger partial charge < -0.3 is 14.2 Å². The van der Waals surface area contributed by atoms with Crippen LogP contribution < -0.4 is 14.2 Å². The third kappa shape index (κ3) is 4.58. The van der Waals surface area contributed by atoms with E-state index in [1.54, 1.807) is 12.1 Å². The summed E-state index contributed by atoms with van der Waals surface area (Å²) < 4.78 is 17.2. The van der Waals surface area contributed by atoms with Gasteiger partial charge in [0.25, 0.3) is 0 Å². The van der Waals surface area contributed by atoms with Gasteiger partial charge in [0.1, 0.15) is 19.0 Å². The number of rotatable bonds is 7. The van der Waals surface area contributed by atoms with Crippen molar-refractivity contribution in [1.29, 1.82) is 5.26 Å². The molecule has 0 aliphatic heterocycles. The zero-order valence-corrected chi connectivity index (χ0v) is 15.7. The maximum absolute atomic E-state index is 9.04. The molecule has 0 bridgehead atoms. The summed E-state index contributed by atoms with van der Waals surface area (Å²) in [5.41, 5.74) is 3.85. The molecule has 0 N–H and O–H groups in total. The molecule has 0 aliphatic carbocycles. The van der Waals surface area contributed by atoms with E-state index >= 15 is 0 Å². The Morgan fingerprint density at radius 3 is 2.24 bits per heavy atom. The Balaban J connectivity index is 2.05. The lowest BCUT2D eigenvalue weighted by Gasteiger charge is -2.16. The highest BCUT2D eigenvalue weighted by molar-refractivity contribution is 6.32. The number of hydrogen-bond acceptors (Lipinski definition) is 4. The molecule has 5 heteroatoms. The van der Waals surface area contributed by atoms with E-state index in [9.17, 15) is 0 Å². The molecule has 2 aromatic carbocycles. The third-order valence-corrected chi connectivity index (χ3v) is 4.17. The molecule has 132 valence electrons. The van der Waals surface area contributed by atoms with Gasteiger partial charge in [0.05, 0.1) is 23.3 Å². The molecular weight excluding hydrogens is 338 g/mol. The number of aryl methyl sites for hydroxylation is 2. The van der Waals surface area contributed by atoms with Crippen molar-refractivity contribution in [1.82, 2.24) is 0 Å². The Morgan fingerprint density at radius 1 is 0.960 bits per heavy atom. The second-order valence-electron chi connectivity index (χ2n) is 5.68. The van der Waals surface area contributed by atoms with Gasteiger partial charge >= 0.3 is 0 Å². The Hall–Kier alpha value is -2.38. The molecule has 25 heavy (non-hydrogen) atoms. The van der Waals surface area contributed by atoms with Gasteiger partial charge in [-0.2, -0.15) is 5.26 Å². The molecular formula is C20H22ClNO3. The first-order valence-electron chi connectivity index (χ1n) is 8.16. The van der Waals surface area contributed by atoms with Gasteiger partial charge in [-0.25, -0.2) is 0 Å². The van der Waals surface area contributed by atoms with Crippen LogP contribution in [-0.4, -0.2) is 19.8 Å². The highest BCUT2D eigenvalue weighted by Gasteiger charge is 2.13. The first kappa shape index (κ1) is 19.0. The van der Waals surface area contributed by atoms with Gasteiger partial charge in [0.2, 0.25) is 0 Å². The highest BCUT2D eigenvalue weighted by Crippen LogP contribution is 2.36. The zero-order valence-electron chi connectivity index (χ0n) is 15.0. The summed E-state index contributed by atoms with van der Waals surface area (Å²) in [4.78, 5) is 0. The fourth-order valence-electron chi connectivity index (χ4n) is 2.47. The summed E-state index contributed by atoms with van der Waals surface area (Å²) in [6.07, 6.45) is 0. The van der Waals surface area contributed by atoms with Crippen LogP contribution in [0.2, 0.25) is 5.02 Å². The number of hydrogen-bond donors (Lipinski definition) is 0. The lowest BCUT2D eigenvalue weighted by Crippen LogP contribution is -2.11. The molecule has 0 unspecified atom stereocenters. The first-order chi connectivity index (χ1) is 12.0. The van der Waals surface area contributed by atoms with Gasteiger partial charge in [-0.15, -0.1) is 0 Å². The predicted octanol–water partition coefficient (Wildman–Crippen LogP) is 4.99. The summed E-state index contributed by atoms with van der Waals surface area (Å²) >= 11 is 6.22. The molecule has 0 amide bonds. The van der Waals surface area contributed by atoms with Crippen LogP contribution in [-0.2, 0) is 0 Å². The Kier molecular flexibility index (Phi) is 6.55. The summed E-state index contributed by atoms with van der Waals surface area (Å²) in [5.74, 6) is 1.79. The smallest absolute Gasteiger partial charge is 0.179 e. The van der Waals surface area contributed by atoms with E-state index in [4.69, 9.17) is 31.1 Å². The van der Waals surface area contributed by atoms with E-state index in [2.05, 4.69) is 19.1 Å². The summed E-state index contributed by atoms with van der Waals surface area (Å²) in [6, 6.07) is 9.37. The minimum absolute atomic E-state index is 0.318. The van der Waals surface area contributed by atoms with E-state index in [1.165, 1.54) is 5.56 Å². The normalized spacial score (nSPS) is 10.2. The quantitative estimate of drug-likeness (QED) is 0.653. The van der Waals surface area contributed by atoms with Gasteiger partial charge in [-0.3, -0.25) is 0 Å². The standard InChI is InChI=1S/C20H22ClNO3/c1-5-23-18-11-16(12-22)10-17(21)20(18)25-9-8-24-19-14(3)7-6-13(2)15(19)4/h6-7,10-11H,5,8-9H2,1-4H3. The Labute approximate surface area is 153 Å². The molecule has 0 spiro atoms. The minimum Gasteiger partial charge on any atom is -0.490 e. The summed E-state index contributed by atoms with van der Waals surface area (Å²) in [5, 5.41) is 9.39. The van der Waals surface area contributed by atoms with Crippen LogP contribution in [0.25, 0.3) is 0 Å². The Morgan fingerprint density at radius 2 is 1.60 bits per heavy atom. The molecule has 2 rings (SSSR count). The van der Waals surface area contributed by atoms with Crippen LogP contribution in [0.5, 0.6) is 17.2 Å². The van der Waals surface area contributed by atoms with Crippen molar-refractivity contribution in [3.8, 4) is 23.3 Å². The molecule has 0 saturated heterocycles. The largest absolute Gasteiger partial charge is 0.490 e. The second-order valence-corrected chi connectivity index (χ2v) is 6.09. The van der Waals surface area contributed by atoms with Crippen molar-refractivity contribution >= 4 is 11.6 Å². The summed E-state index contributed by atoms with van der Waals surface area (Å²) in [6.45, 7) is 9.15. The lowest BCUT2D eigenvalue weighted by atomic mass is 10.1. The van der Waals surface area contributed by atoms with E-state index in [-0.39, 0.29) is 0 Å². The topological polar surface area (TPSA) is 51.5 Å². The van der Waals surface area contributed by atoms with Gasteiger partial charge in [-0.05, 0) is 50.5 Å². The molecule has 0 radical (unpaired) electrons. The van der Waals surface area contributed by atoms with Crippen LogP contribution in [0.1, 0.15) is 29.2 Å². The van der Waals surface area contributed by atoms with Crippen molar-refractivity contribution in [2.75, 3.05) is 19.8 Å². The first-order valence-corrected chi connectivity index (χ1v) is 8.54. The van der Waals surface area contributed by atoms with E-state index in [1.807, 2.05) is 26.8 Å². The molecule has 0 heterocycles. The molecule has 4 nitrogen and oxygen atoms in total. The SMILES string of the molecule is CCOc1cc(C#N)cc(Cl)c1OCCOc1c(C)ccc(C)c1C. The fraction of sp³-hybridized carbons (Fsp3) is 0.350. The van der Waals surface area contributed by atoms with Crippen molar-refractivity contribution < 1.29 is 14.2 Å². The monoisotopic (exact) mass is 359 g/mol. The molecule has 0 aromatic heterocycles. The maximum Gasteiger partial charge on any atom is 0.179 e. The van der Waals surface area contributed by atoms with E-state index < -0.39 is 0 Å². The number of ether oxygens (including phenoxy) is 3. The van der Waals surface area contributed by atoms with Crippen LogP contribution in [0.4, 0.5) is 0 Å². The maximum atomic E-state index is 9.04. The molecule has 0 saturated carbocycles. The third-order valence-electron chi connectivity index (χ3n) is 3.89. The number of nitrogens with zero attached hydrogens (tertiary/aromatic N) is 1. The van der Waals surface area contributed by atoms with Gasteiger partial charge in [-0.1, -0.05) is 23.7 Å². The Bertz CT molecular complexity index is 797. The van der Waals surface area contributed by atoms with Crippen molar-refractivity contribution in [2.45, 2.75) is 27.7 Å². The molecule has 2 aromatic rings. The predicted molar refractivity (Wildman–Crippen MR) is 99.0 cm³/mol.